The van der Waals surface area contributed by atoms with Crippen molar-refractivity contribution in [1.82, 2.24) is 4.90 Å². The van der Waals surface area contributed by atoms with E-state index in [0.717, 1.165) is 38.6 Å². The van der Waals surface area contributed by atoms with Gasteiger partial charge < -0.3 is 15.4 Å². The summed E-state index contributed by atoms with van der Waals surface area (Å²) in [7, 11) is 1.70. The fraction of sp³-hybridized carbons (Fsp3) is 0.917. The molecule has 0 aromatic carbocycles. The number of amides is 1. The van der Waals surface area contributed by atoms with Crippen molar-refractivity contribution < 1.29 is 9.53 Å². The van der Waals surface area contributed by atoms with Gasteiger partial charge in [0.05, 0.1) is 12.1 Å². The second kappa shape index (κ2) is 6.86. The number of hydrogen-bond donors (Lipinski definition) is 1. The SMILES string of the molecule is CCCC[C@H](N)C(=O)N1CCC[C@H](OC)C1. The van der Waals surface area contributed by atoms with Crippen LogP contribution in [0.2, 0.25) is 0 Å². The van der Waals surface area contributed by atoms with E-state index in [1.54, 1.807) is 7.11 Å². The topological polar surface area (TPSA) is 55.6 Å². The molecule has 0 saturated carbocycles. The van der Waals surface area contributed by atoms with Crippen molar-refractivity contribution in [2.24, 2.45) is 5.73 Å². The van der Waals surface area contributed by atoms with Crippen molar-refractivity contribution >= 4 is 5.91 Å². The quantitative estimate of drug-likeness (QED) is 0.767. The molecule has 0 aromatic rings. The van der Waals surface area contributed by atoms with E-state index in [1.807, 2.05) is 4.90 Å². The second-order valence-electron chi connectivity index (χ2n) is 4.53. The molecule has 1 aliphatic rings. The molecule has 0 bridgehead atoms. The Bertz CT molecular complexity index is 221. The number of hydrogen-bond acceptors (Lipinski definition) is 3. The minimum Gasteiger partial charge on any atom is -0.380 e. The summed E-state index contributed by atoms with van der Waals surface area (Å²) in [6, 6.07) is -0.324. The maximum absolute atomic E-state index is 12.0. The van der Waals surface area contributed by atoms with Crippen LogP contribution in [0.3, 0.4) is 0 Å². The highest BCUT2D eigenvalue weighted by Crippen LogP contribution is 2.14. The monoisotopic (exact) mass is 228 g/mol. The molecule has 0 aromatic heterocycles. The van der Waals surface area contributed by atoms with Gasteiger partial charge in [-0.05, 0) is 19.3 Å². The van der Waals surface area contributed by atoms with E-state index in [4.69, 9.17) is 10.5 Å². The van der Waals surface area contributed by atoms with Crippen LogP contribution in [0.4, 0.5) is 0 Å². The van der Waals surface area contributed by atoms with E-state index >= 15 is 0 Å². The van der Waals surface area contributed by atoms with Gasteiger partial charge in [0.15, 0.2) is 0 Å². The number of ether oxygens (including phenoxy) is 1. The van der Waals surface area contributed by atoms with Crippen LogP contribution < -0.4 is 5.73 Å². The van der Waals surface area contributed by atoms with E-state index in [1.165, 1.54) is 0 Å². The molecular weight excluding hydrogens is 204 g/mol. The minimum atomic E-state index is -0.324. The molecule has 1 amide bonds. The number of rotatable bonds is 5. The minimum absolute atomic E-state index is 0.0928. The maximum Gasteiger partial charge on any atom is 0.239 e. The van der Waals surface area contributed by atoms with Crippen molar-refractivity contribution in [3.63, 3.8) is 0 Å². The lowest BCUT2D eigenvalue weighted by atomic mass is 10.0. The van der Waals surface area contributed by atoms with Crippen LogP contribution >= 0.6 is 0 Å². The van der Waals surface area contributed by atoms with Crippen LogP contribution in [0.1, 0.15) is 39.0 Å². The molecule has 16 heavy (non-hydrogen) atoms. The Hall–Kier alpha value is -0.610. The second-order valence-corrected chi connectivity index (χ2v) is 4.53. The molecular formula is C12H24N2O2. The fourth-order valence-electron chi connectivity index (χ4n) is 2.11. The van der Waals surface area contributed by atoms with Crippen LogP contribution in [0.25, 0.3) is 0 Å². The Kier molecular flexibility index (Phi) is 5.77. The molecule has 4 heteroatoms. The maximum atomic E-state index is 12.0. The lowest BCUT2D eigenvalue weighted by molar-refractivity contribution is -0.136. The summed E-state index contributed by atoms with van der Waals surface area (Å²) in [5, 5.41) is 0. The highest BCUT2D eigenvalue weighted by Gasteiger charge is 2.26. The van der Waals surface area contributed by atoms with E-state index in [-0.39, 0.29) is 18.1 Å². The van der Waals surface area contributed by atoms with Crippen LogP contribution in [-0.2, 0) is 9.53 Å². The first-order valence-corrected chi connectivity index (χ1v) is 6.26. The van der Waals surface area contributed by atoms with Gasteiger partial charge in [-0.2, -0.15) is 0 Å². The summed E-state index contributed by atoms with van der Waals surface area (Å²) in [5.74, 6) is 0.0928. The molecule has 0 aliphatic carbocycles. The first-order valence-electron chi connectivity index (χ1n) is 6.26. The van der Waals surface area contributed by atoms with E-state index in [0.29, 0.717) is 6.54 Å². The molecule has 0 spiro atoms. The fourth-order valence-corrected chi connectivity index (χ4v) is 2.11. The van der Waals surface area contributed by atoms with E-state index in [9.17, 15) is 4.79 Å². The normalized spacial score (nSPS) is 23.2. The number of likely N-dealkylation sites (tertiary alicyclic amines) is 1. The number of carbonyl (C=O) groups excluding carboxylic acids is 1. The molecule has 1 fully saturated rings. The van der Waals surface area contributed by atoms with Gasteiger partial charge in [-0.3, -0.25) is 4.79 Å². The third-order valence-corrected chi connectivity index (χ3v) is 3.21. The zero-order chi connectivity index (χ0) is 12.0. The Morgan fingerprint density at radius 3 is 3.00 bits per heavy atom. The van der Waals surface area contributed by atoms with Gasteiger partial charge in [-0.25, -0.2) is 0 Å². The summed E-state index contributed by atoms with van der Waals surface area (Å²) in [6.45, 7) is 3.65. The standard InChI is InChI=1S/C12H24N2O2/c1-3-4-7-11(13)12(15)14-8-5-6-10(9-14)16-2/h10-11H,3-9,13H2,1-2H3/t10-,11-/m0/s1. The molecule has 0 unspecified atom stereocenters. The van der Waals surface area contributed by atoms with Gasteiger partial charge in [0.25, 0.3) is 0 Å². The van der Waals surface area contributed by atoms with Crippen LogP contribution in [0.5, 0.6) is 0 Å². The van der Waals surface area contributed by atoms with Crippen LogP contribution in [0.15, 0.2) is 0 Å². The molecule has 1 rings (SSSR count). The average molecular weight is 228 g/mol. The smallest absolute Gasteiger partial charge is 0.239 e. The Morgan fingerprint density at radius 2 is 2.38 bits per heavy atom. The summed E-state index contributed by atoms with van der Waals surface area (Å²) in [4.78, 5) is 13.9. The number of nitrogens with zero attached hydrogens (tertiary/aromatic N) is 1. The molecule has 2 N–H and O–H groups in total. The summed E-state index contributed by atoms with van der Waals surface area (Å²) >= 11 is 0. The van der Waals surface area contributed by atoms with Gasteiger partial charge in [-0.15, -0.1) is 0 Å². The van der Waals surface area contributed by atoms with Crippen molar-refractivity contribution in [1.29, 1.82) is 0 Å². The van der Waals surface area contributed by atoms with Gasteiger partial charge in [-0.1, -0.05) is 19.8 Å². The third-order valence-electron chi connectivity index (χ3n) is 3.21. The van der Waals surface area contributed by atoms with Crippen molar-refractivity contribution in [3.05, 3.63) is 0 Å². The van der Waals surface area contributed by atoms with Crippen molar-refractivity contribution in [2.45, 2.75) is 51.2 Å². The van der Waals surface area contributed by atoms with Gasteiger partial charge in [0, 0.05) is 20.2 Å². The highest BCUT2D eigenvalue weighted by molar-refractivity contribution is 5.81. The lowest BCUT2D eigenvalue weighted by Gasteiger charge is -2.33. The van der Waals surface area contributed by atoms with Gasteiger partial charge in [0.1, 0.15) is 0 Å². The van der Waals surface area contributed by atoms with Crippen molar-refractivity contribution in [3.8, 4) is 0 Å². The number of piperidine rings is 1. The number of unbranched alkanes of at least 4 members (excludes halogenated alkanes) is 1. The van der Waals surface area contributed by atoms with Gasteiger partial charge >= 0.3 is 0 Å². The Labute approximate surface area is 98.1 Å². The van der Waals surface area contributed by atoms with Crippen molar-refractivity contribution in [2.75, 3.05) is 20.2 Å². The molecule has 0 radical (unpaired) electrons. The Balaban J connectivity index is 2.40. The first-order chi connectivity index (χ1) is 7.69. The molecule has 2 atom stereocenters. The number of carbonyl (C=O) groups is 1. The Morgan fingerprint density at radius 1 is 1.62 bits per heavy atom. The number of methoxy groups -OCH3 is 1. The number of nitrogens with two attached hydrogens (primary N) is 1. The average Bonchev–Trinajstić information content (AvgIpc) is 2.35. The highest BCUT2D eigenvalue weighted by atomic mass is 16.5. The molecule has 4 nitrogen and oxygen atoms in total. The largest absolute Gasteiger partial charge is 0.380 e. The zero-order valence-electron chi connectivity index (χ0n) is 10.4. The first kappa shape index (κ1) is 13.5. The summed E-state index contributed by atoms with van der Waals surface area (Å²) < 4.78 is 5.30. The lowest BCUT2D eigenvalue weighted by Crippen LogP contribution is -2.49. The van der Waals surface area contributed by atoms with Gasteiger partial charge in [0.2, 0.25) is 5.91 Å². The third kappa shape index (κ3) is 3.76. The van der Waals surface area contributed by atoms with E-state index in [2.05, 4.69) is 6.92 Å². The predicted octanol–water partition coefficient (Wildman–Crippen LogP) is 1.14. The predicted molar refractivity (Wildman–Crippen MR) is 64.1 cm³/mol. The molecule has 1 aliphatic heterocycles. The molecule has 94 valence electrons. The molecule has 1 saturated heterocycles. The summed E-state index contributed by atoms with van der Waals surface area (Å²) in [6.07, 6.45) is 5.16. The zero-order valence-corrected chi connectivity index (χ0v) is 10.4. The molecule has 1 heterocycles. The van der Waals surface area contributed by atoms with Crippen LogP contribution in [0, 0.1) is 0 Å². The van der Waals surface area contributed by atoms with E-state index < -0.39 is 0 Å². The summed E-state index contributed by atoms with van der Waals surface area (Å²) in [5.41, 5.74) is 5.89. The van der Waals surface area contributed by atoms with Crippen LogP contribution in [-0.4, -0.2) is 43.2 Å².